The molecule has 4 heterocycles. The van der Waals surface area contributed by atoms with E-state index in [-0.39, 0.29) is 35.6 Å². The van der Waals surface area contributed by atoms with E-state index in [1.807, 2.05) is 4.90 Å². The van der Waals surface area contributed by atoms with E-state index in [0.717, 1.165) is 17.8 Å². The number of nitrogens with zero attached hydrogens (tertiary/aromatic N) is 4. The van der Waals surface area contributed by atoms with Crippen LogP contribution in [0.5, 0.6) is 0 Å². The van der Waals surface area contributed by atoms with Crippen molar-refractivity contribution < 1.29 is 18.0 Å². The fourth-order valence-electron chi connectivity index (χ4n) is 4.96. The van der Waals surface area contributed by atoms with Crippen molar-refractivity contribution in [3.05, 3.63) is 45.4 Å². The predicted molar refractivity (Wildman–Crippen MR) is 145 cm³/mol. The van der Waals surface area contributed by atoms with Gasteiger partial charge in [0, 0.05) is 72.7 Å². The van der Waals surface area contributed by atoms with Crippen LogP contribution in [0.2, 0.25) is 5.02 Å². The maximum Gasteiger partial charge on any atom is 0.283 e. The molecule has 1 aromatic carbocycles. The molecule has 2 aliphatic heterocycles. The molecule has 2 amide bonds. The zero-order chi connectivity index (χ0) is 27.2. The van der Waals surface area contributed by atoms with Gasteiger partial charge in [-0.1, -0.05) is 11.6 Å². The number of sulfonamides is 1. The van der Waals surface area contributed by atoms with Gasteiger partial charge in [-0.05, 0) is 37.6 Å². The number of piperazine rings is 1. The van der Waals surface area contributed by atoms with Gasteiger partial charge in [-0.25, -0.2) is 13.4 Å². The minimum absolute atomic E-state index is 0.000494. The van der Waals surface area contributed by atoms with Crippen molar-refractivity contribution in [2.24, 2.45) is 0 Å². The largest absolute Gasteiger partial charge is 0.360 e. The fraction of sp³-hybridized carbons (Fsp3) is 0.417. The Kier molecular flexibility index (Phi) is 7.20. The second-order valence-electron chi connectivity index (χ2n) is 9.44. The molecule has 2 unspecified atom stereocenters. The highest BCUT2D eigenvalue weighted by Crippen LogP contribution is 2.32. The highest BCUT2D eigenvalue weighted by Gasteiger charge is 2.41. The van der Waals surface area contributed by atoms with Gasteiger partial charge in [0.15, 0.2) is 5.01 Å². The zero-order valence-corrected chi connectivity index (χ0v) is 23.3. The Morgan fingerprint density at radius 2 is 2.00 bits per heavy atom. The first-order valence-corrected chi connectivity index (χ1v) is 14.8. The fourth-order valence-corrected chi connectivity index (χ4v) is 7.59. The molecule has 0 spiro atoms. The summed E-state index contributed by atoms with van der Waals surface area (Å²) in [5.41, 5.74) is 0.630. The van der Waals surface area contributed by atoms with Gasteiger partial charge in [0.05, 0.1) is 5.84 Å². The normalized spacial score (nSPS) is 20.7. The summed E-state index contributed by atoms with van der Waals surface area (Å²) >= 11 is 7.34. The number of nitrogens with one attached hydrogen (secondary N) is 3. The smallest absolute Gasteiger partial charge is 0.283 e. The number of aromatic amines is 1. The Bertz CT molecular complexity index is 1520. The average Bonchev–Trinajstić information content (AvgIpc) is 3.66. The Morgan fingerprint density at radius 3 is 2.71 bits per heavy atom. The number of halogens is 1. The molecule has 0 aliphatic carbocycles. The number of carbonyl (C=O) groups is 2. The summed E-state index contributed by atoms with van der Waals surface area (Å²) in [4.78, 5) is 37.9. The monoisotopic (exact) mass is 577 g/mol. The Morgan fingerprint density at radius 1 is 1.21 bits per heavy atom. The number of H-pyrrole nitrogens is 1. The summed E-state index contributed by atoms with van der Waals surface area (Å²) in [5, 5.41) is 11.8. The number of thiazole rings is 1. The van der Waals surface area contributed by atoms with E-state index in [1.165, 1.54) is 33.7 Å². The Labute approximate surface area is 229 Å². The molecule has 0 saturated carbocycles. The lowest BCUT2D eigenvalue weighted by Gasteiger charge is -2.39. The number of likely N-dealkylation sites (tertiary alicyclic amines) is 1. The van der Waals surface area contributed by atoms with Gasteiger partial charge < -0.3 is 20.1 Å². The van der Waals surface area contributed by atoms with Crippen molar-refractivity contribution in [1.29, 1.82) is 5.41 Å². The first-order chi connectivity index (χ1) is 18.1. The highest BCUT2D eigenvalue weighted by molar-refractivity contribution is 7.89. The van der Waals surface area contributed by atoms with E-state index in [9.17, 15) is 18.0 Å². The number of benzene rings is 1. The van der Waals surface area contributed by atoms with Gasteiger partial charge in [0.25, 0.3) is 15.9 Å². The van der Waals surface area contributed by atoms with E-state index in [0.29, 0.717) is 28.3 Å². The average molecular weight is 578 g/mol. The number of carbonyl (C=O) groups excluding carboxylic acids is 2. The SMILES string of the molecule is CNC(=O)C1CN(S(=O)(=O)c2cc3cc(Cl)ccc3[nH]2)CCN1C(=O)c1ncc(C2CCN(C(C)=N)C2)s1. The Hall–Kier alpha value is -3.00. The van der Waals surface area contributed by atoms with Gasteiger partial charge in [0.2, 0.25) is 5.91 Å². The number of hydrogen-bond donors (Lipinski definition) is 3. The van der Waals surface area contributed by atoms with E-state index >= 15 is 0 Å². The maximum absolute atomic E-state index is 13.5. The molecule has 3 aromatic rings. The number of rotatable bonds is 5. The lowest BCUT2D eigenvalue weighted by atomic mass is 10.1. The van der Waals surface area contributed by atoms with E-state index in [4.69, 9.17) is 17.0 Å². The first kappa shape index (κ1) is 26.6. The van der Waals surface area contributed by atoms with Crippen LogP contribution in [-0.4, -0.2) is 96.0 Å². The maximum atomic E-state index is 13.5. The zero-order valence-electron chi connectivity index (χ0n) is 20.9. The molecule has 0 radical (unpaired) electrons. The minimum Gasteiger partial charge on any atom is -0.360 e. The van der Waals surface area contributed by atoms with Crippen molar-refractivity contribution in [2.75, 3.05) is 39.8 Å². The quantitative estimate of drug-likeness (QED) is 0.314. The number of likely N-dealkylation sites (N-methyl/N-ethyl adjacent to an activating group) is 1. The second kappa shape index (κ2) is 10.3. The van der Waals surface area contributed by atoms with Crippen LogP contribution < -0.4 is 5.32 Å². The number of amidine groups is 1. The van der Waals surface area contributed by atoms with Crippen LogP contribution in [0.1, 0.15) is 33.9 Å². The molecule has 14 heteroatoms. The van der Waals surface area contributed by atoms with Crippen molar-refractivity contribution in [2.45, 2.75) is 30.3 Å². The summed E-state index contributed by atoms with van der Waals surface area (Å²) in [5.74, 6) is -0.139. The van der Waals surface area contributed by atoms with Gasteiger partial charge in [-0.2, -0.15) is 4.31 Å². The van der Waals surface area contributed by atoms with Crippen molar-refractivity contribution >= 4 is 61.5 Å². The van der Waals surface area contributed by atoms with Crippen molar-refractivity contribution in [3.63, 3.8) is 0 Å². The molecule has 0 bridgehead atoms. The molecule has 5 rings (SSSR count). The predicted octanol–water partition coefficient (Wildman–Crippen LogP) is 2.33. The van der Waals surface area contributed by atoms with Crippen LogP contribution in [0.15, 0.2) is 35.5 Å². The van der Waals surface area contributed by atoms with Crippen molar-refractivity contribution in [3.8, 4) is 0 Å². The molecule has 2 fully saturated rings. The molecule has 3 N–H and O–H groups in total. The summed E-state index contributed by atoms with van der Waals surface area (Å²) in [6, 6.07) is 5.56. The summed E-state index contributed by atoms with van der Waals surface area (Å²) in [6.45, 7) is 3.16. The third-order valence-corrected chi connectivity index (χ3v) is 10.3. The van der Waals surface area contributed by atoms with Gasteiger partial charge >= 0.3 is 0 Å². The third kappa shape index (κ3) is 4.91. The number of amides is 2. The summed E-state index contributed by atoms with van der Waals surface area (Å²) in [7, 11) is -2.51. The second-order valence-corrected chi connectivity index (χ2v) is 12.8. The number of hydrogen-bond acceptors (Lipinski definition) is 7. The van der Waals surface area contributed by atoms with Gasteiger partial charge in [-0.15, -0.1) is 11.3 Å². The molecular formula is C24H28ClN7O4S2. The molecule has 38 heavy (non-hydrogen) atoms. The lowest BCUT2D eigenvalue weighted by Crippen LogP contribution is -2.61. The third-order valence-electron chi connectivity index (χ3n) is 7.10. The van der Waals surface area contributed by atoms with Gasteiger partial charge in [-0.3, -0.25) is 15.0 Å². The highest BCUT2D eigenvalue weighted by atomic mass is 35.5. The topological polar surface area (TPSA) is 143 Å². The molecule has 2 saturated heterocycles. The molecule has 11 nitrogen and oxygen atoms in total. The van der Waals surface area contributed by atoms with Crippen molar-refractivity contribution in [1.82, 2.24) is 29.4 Å². The first-order valence-electron chi connectivity index (χ1n) is 12.2. The Balaban J connectivity index is 1.35. The van der Waals surface area contributed by atoms with E-state index < -0.39 is 27.9 Å². The molecular weight excluding hydrogens is 550 g/mol. The van der Waals surface area contributed by atoms with Crippen LogP contribution in [0.3, 0.4) is 0 Å². The van der Waals surface area contributed by atoms with Crippen LogP contribution in [0.4, 0.5) is 0 Å². The summed E-state index contributed by atoms with van der Waals surface area (Å²) < 4.78 is 28.2. The van der Waals surface area contributed by atoms with Crippen LogP contribution in [0.25, 0.3) is 10.9 Å². The molecule has 2 atom stereocenters. The van der Waals surface area contributed by atoms with Gasteiger partial charge in [0.1, 0.15) is 11.1 Å². The van der Waals surface area contributed by atoms with Crippen LogP contribution in [0, 0.1) is 5.41 Å². The standard InChI is InChI=1S/C24H28ClN7O4S2/c1-14(26)30-6-5-15(12-30)20-11-28-23(37-20)24(34)32-8-7-31(13-19(32)22(33)27-2)38(35,36)21-10-16-9-17(25)3-4-18(16)29-21/h3-4,9-11,15,19,26,29H,5-8,12-13H2,1-2H3,(H,27,33). The number of fused-ring (bicyclic) bond motifs is 1. The van der Waals surface area contributed by atoms with Crippen LogP contribution in [-0.2, 0) is 14.8 Å². The van der Waals surface area contributed by atoms with Crippen LogP contribution >= 0.6 is 22.9 Å². The van der Waals surface area contributed by atoms with E-state index in [2.05, 4.69) is 15.3 Å². The van der Waals surface area contributed by atoms with E-state index in [1.54, 1.807) is 31.3 Å². The lowest BCUT2D eigenvalue weighted by molar-refractivity contribution is -0.126. The molecule has 2 aliphatic rings. The summed E-state index contributed by atoms with van der Waals surface area (Å²) in [6.07, 6.45) is 2.58. The number of aromatic nitrogens is 2. The minimum atomic E-state index is -3.96. The molecule has 2 aromatic heterocycles. The molecule has 202 valence electrons.